The van der Waals surface area contributed by atoms with E-state index < -0.39 is 21.6 Å². The van der Waals surface area contributed by atoms with Gasteiger partial charge in [-0.05, 0) is 0 Å². The minimum absolute atomic E-state index is 0.629. The third-order valence-corrected chi connectivity index (χ3v) is 3.35. The van der Waals surface area contributed by atoms with Crippen LogP contribution in [-0.2, 0) is 3.02 Å². The number of benzene rings is 1. The van der Waals surface area contributed by atoms with Crippen LogP contribution in [0.4, 0.5) is 0 Å². The van der Waals surface area contributed by atoms with Gasteiger partial charge in [-0.3, -0.25) is 0 Å². The second-order valence-electron chi connectivity index (χ2n) is 1.54. The summed E-state index contributed by atoms with van der Waals surface area (Å²) >= 11 is 4.26. The van der Waals surface area contributed by atoms with Gasteiger partial charge >= 0.3 is 69.0 Å². The Morgan fingerprint density at radius 1 is 1.33 bits per heavy atom. The zero-order valence-electron chi connectivity index (χ0n) is 4.54. The third kappa shape index (κ3) is 1.77. The average Bonchev–Trinajstić information content (AvgIpc) is 1.89. The summed E-state index contributed by atoms with van der Waals surface area (Å²) in [7, 11) is 0. The van der Waals surface area contributed by atoms with Crippen LogP contribution in [0.3, 0.4) is 0 Å². The van der Waals surface area contributed by atoms with Gasteiger partial charge in [-0.15, -0.1) is 0 Å². The van der Waals surface area contributed by atoms with Crippen LogP contribution >= 0.6 is 11.6 Å². The zero-order chi connectivity index (χ0) is 6.69. The molecule has 0 amide bonds. The zero-order valence-corrected chi connectivity index (χ0v) is 7.85. The van der Waals surface area contributed by atoms with Crippen LogP contribution in [0.5, 0.6) is 0 Å². The summed E-state index contributed by atoms with van der Waals surface area (Å²) in [5.74, 6) is 0. The Morgan fingerprint density at radius 3 is 2.44 bits per heavy atom. The fourth-order valence-corrected chi connectivity index (χ4v) is 1.77. The van der Waals surface area contributed by atoms with E-state index in [4.69, 9.17) is 11.6 Å². The SMILES string of the molecule is [O]=[Sb][c]1ccccc1Cl. The molecule has 0 atom stereocenters. The molecule has 1 aromatic rings. The normalized spacial score (nSPS) is 9.00. The summed E-state index contributed by atoms with van der Waals surface area (Å²) < 4.78 is 11.2. The Bertz CT molecular complexity index is 224. The van der Waals surface area contributed by atoms with Gasteiger partial charge in [0.15, 0.2) is 0 Å². The Hall–Kier alpha value is 0.128. The van der Waals surface area contributed by atoms with E-state index >= 15 is 0 Å². The molecular formula is C6H4ClOSb. The van der Waals surface area contributed by atoms with Gasteiger partial charge in [0.1, 0.15) is 0 Å². The van der Waals surface area contributed by atoms with Crippen molar-refractivity contribution in [1.29, 1.82) is 0 Å². The predicted octanol–water partition coefficient (Wildman–Crippen LogP) is 1.02. The van der Waals surface area contributed by atoms with Crippen LogP contribution in [0.25, 0.3) is 0 Å². The second kappa shape index (κ2) is 3.34. The van der Waals surface area contributed by atoms with Gasteiger partial charge in [0.05, 0.1) is 0 Å². The molecule has 1 aromatic carbocycles. The first-order valence-electron chi connectivity index (χ1n) is 2.42. The van der Waals surface area contributed by atoms with Crippen molar-refractivity contribution in [2.75, 3.05) is 0 Å². The Balaban J connectivity index is 3.15. The molecule has 1 nitrogen and oxygen atoms in total. The number of hydrogen-bond acceptors (Lipinski definition) is 1. The van der Waals surface area contributed by atoms with E-state index in [1.54, 1.807) is 12.1 Å². The van der Waals surface area contributed by atoms with Crippen molar-refractivity contribution in [2.45, 2.75) is 0 Å². The first kappa shape index (κ1) is 7.24. The van der Waals surface area contributed by atoms with Crippen molar-refractivity contribution in [2.24, 2.45) is 0 Å². The Labute approximate surface area is 68.9 Å². The monoisotopic (exact) mass is 248 g/mol. The Kier molecular flexibility index (Phi) is 2.68. The fraction of sp³-hybridized carbons (Fsp3) is 0. The molecule has 0 radical (unpaired) electrons. The summed E-state index contributed by atoms with van der Waals surface area (Å²) in [6.45, 7) is 0. The van der Waals surface area contributed by atoms with Gasteiger partial charge in [0.2, 0.25) is 0 Å². The van der Waals surface area contributed by atoms with Gasteiger partial charge in [-0.2, -0.15) is 0 Å². The van der Waals surface area contributed by atoms with Gasteiger partial charge < -0.3 is 0 Å². The third-order valence-electron chi connectivity index (χ3n) is 0.951. The summed E-state index contributed by atoms with van der Waals surface area (Å²) in [5, 5.41) is 0.629. The van der Waals surface area contributed by atoms with Crippen molar-refractivity contribution < 1.29 is 3.02 Å². The van der Waals surface area contributed by atoms with Gasteiger partial charge in [0.25, 0.3) is 0 Å². The minimum atomic E-state index is -1.41. The molecule has 3 heteroatoms. The molecule has 0 fully saturated rings. The van der Waals surface area contributed by atoms with Crippen LogP contribution in [0.1, 0.15) is 0 Å². The van der Waals surface area contributed by atoms with Crippen molar-refractivity contribution in [3.63, 3.8) is 0 Å². The van der Waals surface area contributed by atoms with Crippen LogP contribution in [0, 0.1) is 0 Å². The summed E-state index contributed by atoms with van der Waals surface area (Å²) in [4.78, 5) is 0. The summed E-state index contributed by atoms with van der Waals surface area (Å²) in [6, 6.07) is 7.23. The first-order chi connectivity index (χ1) is 4.34. The van der Waals surface area contributed by atoms with E-state index in [2.05, 4.69) is 0 Å². The topological polar surface area (TPSA) is 17.1 Å². The molecule has 0 saturated heterocycles. The molecule has 0 aromatic heterocycles. The van der Waals surface area contributed by atoms with Gasteiger partial charge in [-0.25, -0.2) is 0 Å². The molecule has 9 heavy (non-hydrogen) atoms. The molecule has 0 aliphatic rings. The van der Waals surface area contributed by atoms with Gasteiger partial charge in [0, 0.05) is 0 Å². The number of rotatable bonds is 1. The number of halogens is 1. The van der Waals surface area contributed by atoms with Crippen molar-refractivity contribution in [3.05, 3.63) is 29.3 Å². The molecule has 1 rings (SSSR count). The molecule has 0 spiro atoms. The standard InChI is InChI=1S/C6H4Cl.O.Sb/c7-6-4-2-1-3-5-6;;/h1-4H;;. The summed E-state index contributed by atoms with van der Waals surface area (Å²) in [5.41, 5.74) is 0. The first-order valence-corrected chi connectivity index (χ1v) is 5.12. The van der Waals surface area contributed by atoms with E-state index in [0.29, 0.717) is 5.02 Å². The van der Waals surface area contributed by atoms with Crippen LogP contribution in [0.15, 0.2) is 24.3 Å². The van der Waals surface area contributed by atoms with E-state index in [1.165, 1.54) is 0 Å². The molecular weight excluding hydrogens is 245 g/mol. The fourth-order valence-electron chi connectivity index (χ4n) is 0.526. The van der Waals surface area contributed by atoms with Crippen LogP contribution in [0.2, 0.25) is 5.02 Å². The molecule has 0 saturated carbocycles. The van der Waals surface area contributed by atoms with E-state index in [9.17, 15) is 3.02 Å². The molecule has 0 unspecified atom stereocenters. The van der Waals surface area contributed by atoms with Crippen molar-refractivity contribution in [1.82, 2.24) is 0 Å². The molecule has 0 aliphatic carbocycles. The molecule has 0 heterocycles. The summed E-state index contributed by atoms with van der Waals surface area (Å²) in [6.07, 6.45) is 0. The number of hydrogen-bond donors (Lipinski definition) is 0. The van der Waals surface area contributed by atoms with E-state index in [0.717, 1.165) is 3.51 Å². The van der Waals surface area contributed by atoms with Crippen molar-refractivity contribution in [3.8, 4) is 0 Å². The molecule has 0 bridgehead atoms. The predicted molar refractivity (Wildman–Crippen MR) is 37.5 cm³/mol. The Morgan fingerprint density at radius 2 is 2.00 bits per heavy atom. The molecule has 0 N–H and O–H groups in total. The van der Waals surface area contributed by atoms with E-state index in [1.807, 2.05) is 12.1 Å². The quantitative estimate of drug-likeness (QED) is 0.679. The maximum absolute atomic E-state index is 10.4. The average molecular weight is 249 g/mol. The molecule has 0 aliphatic heterocycles. The molecule has 46 valence electrons. The van der Waals surface area contributed by atoms with Crippen molar-refractivity contribution >= 4 is 36.7 Å². The van der Waals surface area contributed by atoms with Crippen LogP contribution in [-0.4, -0.2) is 21.6 Å². The van der Waals surface area contributed by atoms with Gasteiger partial charge in [-0.1, -0.05) is 0 Å². The van der Waals surface area contributed by atoms with E-state index in [-0.39, 0.29) is 0 Å². The van der Waals surface area contributed by atoms with Crippen LogP contribution < -0.4 is 3.51 Å². The maximum atomic E-state index is 10.4. The second-order valence-corrected chi connectivity index (χ2v) is 3.85.